The fourth-order valence-corrected chi connectivity index (χ4v) is 1.41. The molecular formula is C11H15FN2O2. The fraction of sp³-hybridized carbons (Fsp3) is 0.364. The van der Waals surface area contributed by atoms with E-state index in [9.17, 15) is 9.18 Å². The highest BCUT2D eigenvalue weighted by atomic mass is 19.1. The summed E-state index contributed by atoms with van der Waals surface area (Å²) in [7, 11) is 1.50. The van der Waals surface area contributed by atoms with Crippen molar-refractivity contribution in [2.45, 2.75) is 19.4 Å². The molecule has 1 unspecified atom stereocenters. The fourth-order valence-electron chi connectivity index (χ4n) is 1.41. The highest BCUT2D eigenvalue weighted by Gasteiger charge is 2.10. The van der Waals surface area contributed by atoms with Crippen molar-refractivity contribution in [2.75, 3.05) is 12.4 Å². The van der Waals surface area contributed by atoms with E-state index in [0.717, 1.165) is 0 Å². The van der Waals surface area contributed by atoms with Crippen molar-refractivity contribution in [3.8, 4) is 5.75 Å². The SMILES string of the molecule is COc1ccc(F)cc1NC(C)CC(N)=O. The first-order valence-electron chi connectivity index (χ1n) is 4.91. The summed E-state index contributed by atoms with van der Waals surface area (Å²) in [5.74, 6) is -0.248. The molecule has 0 bridgehead atoms. The van der Waals surface area contributed by atoms with Gasteiger partial charge in [0.1, 0.15) is 11.6 Å². The van der Waals surface area contributed by atoms with Crippen LogP contribution in [-0.2, 0) is 4.79 Å². The van der Waals surface area contributed by atoms with Crippen molar-refractivity contribution in [3.05, 3.63) is 24.0 Å². The van der Waals surface area contributed by atoms with Crippen molar-refractivity contribution in [1.29, 1.82) is 0 Å². The molecule has 1 aromatic rings. The van der Waals surface area contributed by atoms with Crippen LogP contribution in [0.5, 0.6) is 5.75 Å². The third-order valence-electron chi connectivity index (χ3n) is 2.07. The number of nitrogens with one attached hydrogen (secondary N) is 1. The first-order valence-corrected chi connectivity index (χ1v) is 4.91. The number of amides is 1. The van der Waals surface area contributed by atoms with Gasteiger partial charge in [-0.3, -0.25) is 4.79 Å². The summed E-state index contributed by atoms with van der Waals surface area (Å²) in [5.41, 5.74) is 5.57. The quantitative estimate of drug-likeness (QED) is 0.799. The number of carbonyl (C=O) groups excluding carboxylic acids is 1. The Bertz CT molecular complexity index is 382. The van der Waals surface area contributed by atoms with Crippen LogP contribution in [0, 0.1) is 5.82 Å². The van der Waals surface area contributed by atoms with E-state index >= 15 is 0 Å². The number of ether oxygens (including phenoxy) is 1. The van der Waals surface area contributed by atoms with Gasteiger partial charge in [0.25, 0.3) is 0 Å². The van der Waals surface area contributed by atoms with E-state index in [0.29, 0.717) is 11.4 Å². The molecule has 16 heavy (non-hydrogen) atoms. The molecule has 5 heteroatoms. The smallest absolute Gasteiger partial charge is 0.219 e. The molecule has 1 rings (SSSR count). The van der Waals surface area contributed by atoms with Crippen molar-refractivity contribution >= 4 is 11.6 Å². The average molecular weight is 226 g/mol. The number of rotatable bonds is 5. The van der Waals surface area contributed by atoms with Gasteiger partial charge >= 0.3 is 0 Å². The number of primary amides is 1. The molecule has 0 saturated heterocycles. The molecule has 88 valence electrons. The van der Waals surface area contributed by atoms with E-state index < -0.39 is 5.91 Å². The molecular weight excluding hydrogens is 211 g/mol. The van der Waals surface area contributed by atoms with E-state index in [-0.39, 0.29) is 18.3 Å². The number of hydrogen-bond acceptors (Lipinski definition) is 3. The second-order valence-corrected chi connectivity index (χ2v) is 3.56. The van der Waals surface area contributed by atoms with E-state index in [1.165, 1.54) is 25.3 Å². The van der Waals surface area contributed by atoms with Gasteiger partial charge in [0.15, 0.2) is 0 Å². The number of benzene rings is 1. The molecule has 1 atom stereocenters. The van der Waals surface area contributed by atoms with E-state index in [4.69, 9.17) is 10.5 Å². The number of anilines is 1. The van der Waals surface area contributed by atoms with Crippen LogP contribution in [0.2, 0.25) is 0 Å². The summed E-state index contributed by atoms with van der Waals surface area (Å²) in [6.07, 6.45) is 0.180. The molecule has 0 aromatic heterocycles. The van der Waals surface area contributed by atoms with Crippen molar-refractivity contribution in [1.82, 2.24) is 0 Å². The molecule has 0 radical (unpaired) electrons. The first kappa shape index (κ1) is 12.3. The van der Waals surface area contributed by atoms with Crippen molar-refractivity contribution < 1.29 is 13.9 Å². The van der Waals surface area contributed by atoms with Crippen LogP contribution < -0.4 is 15.8 Å². The van der Waals surface area contributed by atoms with Crippen LogP contribution in [0.25, 0.3) is 0 Å². The maximum atomic E-state index is 13.0. The second kappa shape index (κ2) is 5.34. The van der Waals surface area contributed by atoms with Gasteiger partial charge < -0.3 is 15.8 Å². The van der Waals surface area contributed by atoms with Gasteiger partial charge in [-0.1, -0.05) is 0 Å². The predicted octanol–water partition coefficient (Wildman–Crippen LogP) is 1.51. The van der Waals surface area contributed by atoms with Gasteiger partial charge in [-0.25, -0.2) is 4.39 Å². The largest absolute Gasteiger partial charge is 0.495 e. The Morgan fingerprint density at radius 2 is 2.31 bits per heavy atom. The van der Waals surface area contributed by atoms with Crippen LogP contribution in [0.4, 0.5) is 10.1 Å². The molecule has 0 aliphatic heterocycles. The molecule has 1 amide bonds. The predicted molar refractivity (Wildman–Crippen MR) is 59.8 cm³/mol. The van der Waals surface area contributed by atoms with Gasteiger partial charge in [-0.15, -0.1) is 0 Å². The number of hydrogen-bond donors (Lipinski definition) is 2. The Balaban J connectivity index is 2.78. The molecule has 0 aliphatic rings. The van der Waals surface area contributed by atoms with Crippen molar-refractivity contribution in [2.24, 2.45) is 5.73 Å². The third kappa shape index (κ3) is 3.42. The van der Waals surface area contributed by atoms with Crippen LogP contribution in [0.3, 0.4) is 0 Å². The Morgan fingerprint density at radius 1 is 1.62 bits per heavy atom. The number of methoxy groups -OCH3 is 1. The lowest BCUT2D eigenvalue weighted by atomic mass is 10.2. The lowest BCUT2D eigenvalue weighted by Crippen LogP contribution is -2.24. The molecule has 0 heterocycles. The highest BCUT2D eigenvalue weighted by Crippen LogP contribution is 2.25. The first-order chi connectivity index (χ1) is 7.52. The monoisotopic (exact) mass is 226 g/mol. The lowest BCUT2D eigenvalue weighted by molar-refractivity contribution is -0.118. The molecule has 0 aliphatic carbocycles. The van der Waals surface area contributed by atoms with Crippen LogP contribution in [0.15, 0.2) is 18.2 Å². The molecule has 0 saturated carbocycles. The minimum absolute atomic E-state index is 0.173. The maximum Gasteiger partial charge on any atom is 0.219 e. The molecule has 0 fully saturated rings. The highest BCUT2D eigenvalue weighted by molar-refractivity contribution is 5.75. The summed E-state index contributed by atoms with van der Waals surface area (Å²) in [5, 5.41) is 2.97. The third-order valence-corrected chi connectivity index (χ3v) is 2.07. The number of carbonyl (C=O) groups is 1. The zero-order valence-electron chi connectivity index (χ0n) is 9.29. The summed E-state index contributed by atoms with van der Waals surface area (Å²) in [6, 6.07) is 3.97. The van der Waals surface area contributed by atoms with E-state index in [2.05, 4.69) is 5.32 Å². The summed E-state index contributed by atoms with van der Waals surface area (Å²) in [4.78, 5) is 10.7. The Hall–Kier alpha value is -1.78. The molecule has 0 spiro atoms. The van der Waals surface area contributed by atoms with Crippen LogP contribution in [-0.4, -0.2) is 19.1 Å². The normalized spacial score (nSPS) is 11.9. The zero-order chi connectivity index (χ0) is 12.1. The Morgan fingerprint density at radius 3 is 2.88 bits per heavy atom. The van der Waals surface area contributed by atoms with Gasteiger partial charge in [0.2, 0.25) is 5.91 Å². The van der Waals surface area contributed by atoms with E-state index in [1.807, 2.05) is 0 Å². The van der Waals surface area contributed by atoms with Gasteiger partial charge in [-0.2, -0.15) is 0 Å². The van der Waals surface area contributed by atoms with Crippen LogP contribution >= 0.6 is 0 Å². The molecule has 4 nitrogen and oxygen atoms in total. The number of halogens is 1. The van der Waals surface area contributed by atoms with E-state index in [1.54, 1.807) is 6.92 Å². The maximum absolute atomic E-state index is 13.0. The van der Waals surface area contributed by atoms with Gasteiger partial charge in [0.05, 0.1) is 12.8 Å². The lowest BCUT2D eigenvalue weighted by Gasteiger charge is -2.16. The topological polar surface area (TPSA) is 64.3 Å². The second-order valence-electron chi connectivity index (χ2n) is 3.56. The standard InChI is InChI=1S/C11H15FN2O2/c1-7(5-11(13)15)14-9-6-8(12)3-4-10(9)16-2/h3-4,6-7,14H,5H2,1-2H3,(H2,13,15). The number of nitrogens with two attached hydrogens (primary N) is 1. The minimum Gasteiger partial charge on any atom is -0.495 e. The van der Waals surface area contributed by atoms with Gasteiger partial charge in [0, 0.05) is 18.5 Å². The Kier molecular flexibility index (Phi) is 4.10. The van der Waals surface area contributed by atoms with Crippen LogP contribution in [0.1, 0.15) is 13.3 Å². The molecule has 3 N–H and O–H groups in total. The van der Waals surface area contributed by atoms with Gasteiger partial charge in [-0.05, 0) is 19.1 Å². The molecule has 1 aromatic carbocycles. The average Bonchev–Trinajstić information content (AvgIpc) is 2.16. The Labute approximate surface area is 93.6 Å². The zero-order valence-corrected chi connectivity index (χ0v) is 9.29. The summed E-state index contributed by atoms with van der Waals surface area (Å²) >= 11 is 0. The minimum atomic E-state index is -0.407. The summed E-state index contributed by atoms with van der Waals surface area (Å²) < 4.78 is 18.1. The summed E-state index contributed by atoms with van der Waals surface area (Å²) in [6.45, 7) is 1.79. The van der Waals surface area contributed by atoms with Crippen molar-refractivity contribution in [3.63, 3.8) is 0 Å².